The van der Waals surface area contributed by atoms with E-state index in [0.29, 0.717) is 19.5 Å². The number of hydrogen-bond donors (Lipinski definition) is 1. The van der Waals surface area contributed by atoms with Crippen molar-refractivity contribution in [3.8, 4) is 5.75 Å². The summed E-state index contributed by atoms with van der Waals surface area (Å²) >= 11 is 0. The van der Waals surface area contributed by atoms with E-state index in [-0.39, 0.29) is 36.0 Å². The van der Waals surface area contributed by atoms with E-state index in [1.54, 1.807) is 13.2 Å². The zero-order valence-electron chi connectivity index (χ0n) is 19.7. The third kappa shape index (κ3) is 5.15. The summed E-state index contributed by atoms with van der Waals surface area (Å²) in [6.45, 7) is 3.32. The molecule has 0 aliphatic carbocycles. The minimum atomic E-state index is -0.313. The van der Waals surface area contributed by atoms with Crippen LogP contribution < -0.4 is 15.0 Å². The van der Waals surface area contributed by atoms with Gasteiger partial charge in [-0.05, 0) is 53.4 Å². The number of carbonyl (C=O) groups excluding carboxylic acids is 1. The Balaban J connectivity index is 1.37. The van der Waals surface area contributed by atoms with E-state index < -0.39 is 0 Å². The molecule has 2 aliphatic rings. The summed E-state index contributed by atoms with van der Waals surface area (Å²) in [4.78, 5) is 18.1. The minimum Gasteiger partial charge on any atom is -0.497 e. The van der Waals surface area contributed by atoms with Crippen LogP contribution in [0.4, 0.5) is 14.5 Å². The molecule has 3 aromatic carbocycles. The first kappa shape index (κ1) is 23.3. The van der Waals surface area contributed by atoms with E-state index in [4.69, 9.17) is 4.74 Å². The summed E-state index contributed by atoms with van der Waals surface area (Å²) in [5.41, 5.74) is 4.02. The molecule has 1 fully saturated rings. The van der Waals surface area contributed by atoms with Gasteiger partial charge in [-0.25, -0.2) is 8.78 Å². The number of ether oxygens (including phenoxy) is 1. The Morgan fingerprint density at radius 3 is 2.60 bits per heavy atom. The highest BCUT2D eigenvalue weighted by Crippen LogP contribution is 2.38. The van der Waals surface area contributed by atoms with Gasteiger partial charge in [0.05, 0.1) is 19.1 Å². The molecule has 0 spiro atoms. The van der Waals surface area contributed by atoms with Gasteiger partial charge in [0, 0.05) is 44.5 Å². The fraction of sp³-hybridized carbons (Fsp3) is 0.321. The van der Waals surface area contributed by atoms with Gasteiger partial charge in [-0.2, -0.15) is 0 Å². The predicted molar refractivity (Wildman–Crippen MR) is 131 cm³/mol. The fourth-order valence-corrected chi connectivity index (χ4v) is 5.22. The molecule has 182 valence electrons. The quantitative estimate of drug-likeness (QED) is 0.579. The van der Waals surface area contributed by atoms with Crippen LogP contribution in [0.25, 0.3) is 0 Å². The Morgan fingerprint density at radius 1 is 1.00 bits per heavy atom. The molecule has 0 saturated carbocycles. The highest BCUT2D eigenvalue weighted by Gasteiger charge is 2.41. The maximum Gasteiger partial charge on any atom is 0.225 e. The van der Waals surface area contributed by atoms with Gasteiger partial charge in [0.2, 0.25) is 5.91 Å². The van der Waals surface area contributed by atoms with Crippen molar-refractivity contribution in [2.45, 2.75) is 25.6 Å². The molecule has 5 nitrogen and oxygen atoms in total. The third-order valence-electron chi connectivity index (χ3n) is 7.02. The summed E-state index contributed by atoms with van der Waals surface area (Å²) in [6.07, 6.45) is 0.625. The zero-order chi connectivity index (χ0) is 24.4. The number of carbonyl (C=O) groups is 1. The van der Waals surface area contributed by atoms with Crippen molar-refractivity contribution in [1.29, 1.82) is 0 Å². The number of hydrogen-bond acceptors (Lipinski definition) is 4. The number of anilines is 1. The summed E-state index contributed by atoms with van der Waals surface area (Å²) < 4.78 is 32.4. The van der Waals surface area contributed by atoms with E-state index >= 15 is 0 Å². The second kappa shape index (κ2) is 10.0. The first-order valence-electron chi connectivity index (χ1n) is 11.9. The fourth-order valence-electron chi connectivity index (χ4n) is 5.22. The number of methoxy groups -OCH3 is 1. The van der Waals surface area contributed by atoms with Crippen molar-refractivity contribution in [2.24, 2.45) is 5.92 Å². The van der Waals surface area contributed by atoms with Crippen molar-refractivity contribution in [2.75, 3.05) is 31.6 Å². The first-order chi connectivity index (χ1) is 17.0. The van der Waals surface area contributed by atoms with Gasteiger partial charge in [0.1, 0.15) is 17.4 Å². The maximum absolute atomic E-state index is 13.6. The summed E-state index contributed by atoms with van der Waals surface area (Å²) in [6, 6.07) is 18.9. The molecule has 7 heteroatoms. The average molecular weight is 478 g/mol. The van der Waals surface area contributed by atoms with E-state index in [1.807, 2.05) is 30.3 Å². The number of piperazine rings is 1. The molecule has 1 amide bonds. The van der Waals surface area contributed by atoms with Crippen LogP contribution in [-0.4, -0.2) is 43.6 Å². The van der Waals surface area contributed by atoms with Gasteiger partial charge in [-0.1, -0.05) is 30.3 Å². The SMILES string of the molecule is COc1ccc2c(c1)N1CCN(Cc3ccc(F)cc3)C[C@@H]1[C@H](C(=O)NCc1cccc(F)c1)C2. The van der Waals surface area contributed by atoms with Crippen molar-refractivity contribution in [3.63, 3.8) is 0 Å². The van der Waals surface area contributed by atoms with Gasteiger partial charge in [0.15, 0.2) is 0 Å². The average Bonchev–Trinajstić information content (AvgIpc) is 2.87. The van der Waals surface area contributed by atoms with Gasteiger partial charge in [-0.15, -0.1) is 0 Å². The third-order valence-corrected chi connectivity index (χ3v) is 7.02. The Bertz CT molecular complexity index is 1200. The molecule has 2 atom stereocenters. The Kier molecular flexibility index (Phi) is 6.68. The molecule has 35 heavy (non-hydrogen) atoms. The minimum absolute atomic E-state index is 0.0173. The van der Waals surface area contributed by atoms with Crippen LogP contribution in [0.2, 0.25) is 0 Å². The lowest BCUT2D eigenvalue weighted by molar-refractivity contribution is -0.126. The highest BCUT2D eigenvalue weighted by molar-refractivity contribution is 5.82. The second-order valence-corrected chi connectivity index (χ2v) is 9.28. The Labute approximate surface area is 204 Å². The molecule has 1 saturated heterocycles. The lowest BCUT2D eigenvalue weighted by Crippen LogP contribution is -2.60. The molecule has 0 radical (unpaired) electrons. The van der Waals surface area contributed by atoms with Gasteiger partial charge >= 0.3 is 0 Å². The van der Waals surface area contributed by atoms with Gasteiger partial charge < -0.3 is 15.0 Å². The molecule has 2 aliphatic heterocycles. The Morgan fingerprint density at radius 2 is 1.83 bits per heavy atom. The first-order valence-corrected chi connectivity index (χ1v) is 11.9. The number of benzene rings is 3. The van der Waals surface area contributed by atoms with Gasteiger partial charge in [-0.3, -0.25) is 9.69 Å². The molecular weight excluding hydrogens is 448 g/mol. The summed E-state index contributed by atoms with van der Waals surface area (Å²) in [5.74, 6) is -0.0429. The number of amides is 1. The van der Waals surface area contributed by atoms with Crippen molar-refractivity contribution >= 4 is 11.6 Å². The maximum atomic E-state index is 13.6. The van der Waals surface area contributed by atoms with Crippen LogP contribution in [0.1, 0.15) is 16.7 Å². The predicted octanol–water partition coefficient (Wildman–Crippen LogP) is 4.15. The van der Waals surface area contributed by atoms with Crippen molar-refractivity contribution < 1.29 is 18.3 Å². The molecule has 1 N–H and O–H groups in total. The molecule has 0 aromatic heterocycles. The van der Waals surface area contributed by atoms with Crippen molar-refractivity contribution in [1.82, 2.24) is 10.2 Å². The van der Waals surface area contributed by atoms with E-state index in [2.05, 4.69) is 21.2 Å². The lowest BCUT2D eigenvalue weighted by atomic mass is 9.83. The smallest absolute Gasteiger partial charge is 0.225 e. The lowest BCUT2D eigenvalue weighted by Gasteiger charge is -2.49. The molecular formula is C28H29F2N3O2. The van der Waals surface area contributed by atoms with Crippen LogP contribution >= 0.6 is 0 Å². The van der Waals surface area contributed by atoms with Crippen molar-refractivity contribution in [3.05, 3.63) is 95.1 Å². The van der Waals surface area contributed by atoms with E-state index in [0.717, 1.165) is 41.2 Å². The van der Waals surface area contributed by atoms with Crippen LogP contribution in [0.3, 0.4) is 0 Å². The molecule has 5 rings (SSSR count). The Hall–Kier alpha value is -3.45. The second-order valence-electron chi connectivity index (χ2n) is 9.28. The van der Waals surface area contributed by atoms with E-state index in [9.17, 15) is 13.6 Å². The van der Waals surface area contributed by atoms with Crippen LogP contribution in [-0.2, 0) is 24.3 Å². The standard InChI is InChI=1S/C28H29F2N3O2/c1-35-24-10-7-21-14-25(28(34)31-16-20-3-2-4-23(30)13-20)27-18-32(11-12-33(27)26(21)15-24)17-19-5-8-22(29)9-6-19/h2-10,13,15,25,27H,11-12,14,16-18H2,1H3,(H,31,34)/t25-,27-/m1/s1. The number of nitrogens with one attached hydrogen (secondary N) is 1. The molecule has 0 unspecified atom stereocenters. The van der Waals surface area contributed by atoms with Crippen LogP contribution in [0.15, 0.2) is 66.7 Å². The highest BCUT2D eigenvalue weighted by atomic mass is 19.1. The molecule has 2 heterocycles. The monoisotopic (exact) mass is 477 g/mol. The number of fused-ring (bicyclic) bond motifs is 3. The normalized spacial score (nSPS) is 19.6. The summed E-state index contributed by atoms with van der Waals surface area (Å²) in [7, 11) is 1.66. The topological polar surface area (TPSA) is 44.8 Å². The van der Waals surface area contributed by atoms with Crippen LogP contribution in [0, 0.1) is 17.6 Å². The summed E-state index contributed by atoms with van der Waals surface area (Å²) in [5, 5.41) is 3.04. The molecule has 3 aromatic rings. The van der Waals surface area contributed by atoms with Crippen LogP contribution in [0.5, 0.6) is 5.75 Å². The van der Waals surface area contributed by atoms with E-state index in [1.165, 1.54) is 24.3 Å². The number of halogens is 2. The largest absolute Gasteiger partial charge is 0.497 e. The number of nitrogens with zero attached hydrogens (tertiary/aromatic N) is 2. The molecule has 0 bridgehead atoms. The van der Waals surface area contributed by atoms with Gasteiger partial charge in [0.25, 0.3) is 0 Å². The zero-order valence-corrected chi connectivity index (χ0v) is 19.7. The number of rotatable bonds is 6.